The summed E-state index contributed by atoms with van der Waals surface area (Å²) in [6.45, 7) is -0.749. The summed E-state index contributed by atoms with van der Waals surface area (Å²) in [5, 5.41) is 53.4. The monoisotopic (exact) mass is 297 g/mol. The largest absolute Gasteiger partial charge is 0.394 e. The van der Waals surface area contributed by atoms with Gasteiger partial charge in [-0.2, -0.15) is 5.10 Å². The van der Waals surface area contributed by atoms with Crippen molar-refractivity contribution >= 4 is 12.1 Å². The summed E-state index contributed by atoms with van der Waals surface area (Å²) < 4.78 is 0. The van der Waals surface area contributed by atoms with Gasteiger partial charge in [0.05, 0.1) is 12.8 Å². The first kappa shape index (κ1) is 17.2. The number of nitrogens with two attached hydrogens (primary N) is 1. The fourth-order valence-electron chi connectivity index (χ4n) is 1.46. The van der Waals surface area contributed by atoms with E-state index >= 15 is 0 Å². The lowest BCUT2D eigenvalue weighted by Crippen LogP contribution is -2.46. The molecular formula is C13H19N3O5. The van der Waals surface area contributed by atoms with E-state index < -0.39 is 31.0 Å². The van der Waals surface area contributed by atoms with Crippen LogP contribution in [0, 0.1) is 0 Å². The second-order valence-corrected chi connectivity index (χ2v) is 4.34. The Balaban J connectivity index is 2.63. The van der Waals surface area contributed by atoms with E-state index in [9.17, 15) is 15.3 Å². The Hall–Kier alpha value is -1.84. The predicted octanol–water partition coefficient (Wildman–Crippen LogP) is -2.19. The molecule has 1 aromatic rings. The highest BCUT2D eigenvalue weighted by Gasteiger charge is 2.29. The Morgan fingerprint density at radius 1 is 1.10 bits per heavy atom. The molecular weight excluding hydrogens is 278 g/mol. The lowest BCUT2D eigenvalue weighted by molar-refractivity contribution is -0.0999. The summed E-state index contributed by atoms with van der Waals surface area (Å²) in [5.74, 6) is 0.115. The van der Waals surface area contributed by atoms with Gasteiger partial charge in [0.1, 0.15) is 24.4 Å². The lowest BCUT2D eigenvalue weighted by atomic mass is 10.0. The number of amidine groups is 1. The van der Waals surface area contributed by atoms with Gasteiger partial charge in [0.2, 0.25) is 0 Å². The predicted molar refractivity (Wildman–Crippen MR) is 76.8 cm³/mol. The number of hydrogen-bond donors (Lipinski definition) is 6. The minimum atomic E-state index is -1.72. The van der Waals surface area contributed by atoms with Gasteiger partial charge >= 0.3 is 0 Å². The standard InChI is InChI=1S/C13H19N3O5/c14-13(8-4-2-1-3-5-8)16-15-6-9(18)11(20)12(21)10(19)7-17/h1-6,9-12,17-21H,7H2,(H2,14,16)/b15-6+/t9-,10+,11+,12+/m0/s1. The molecule has 0 aromatic heterocycles. The van der Waals surface area contributed by atoms with Crippen LogP contribution < -0.4 is 5.73 Å². The molecule has 21 heavy (non-hydrogen) atoms. The zero-order chi connectivity index (χ0) is 15.8. The summed E-state index contributed by atoms with van der Waals surface area (Å²) in [6.07, 6.45) is -5.71. The third kappa shape index (κ3) is 5.21. The fourth-order valence-corrected chi connectivity index (χ4v) is 1.46. The van der Waals surface area contributed by atoms with E-state index in [-0.39, 0.29) is 5.84 Å². The van der Waals surface area contributed by atoms with Crippen LogP contribution in [0.15, 0.2) is 40.5 Å². The van der Waals surface area contributed by atoms with Crippen molar-refractivity contribution in [2.45, 2.75) is 24.4 Å². The first-order valence-electron chi connectivity index (χ1n) is 6.22. The molecule has 4 atom stereocenters. The molecule has 0 radical (unpaired) electrons. The van der Waals surface area contributed by atoms with Crippen molar-refractivity contribution < 1.29 is 25.5 Å². The fraction of sp³-hybridized carbons (Fsp3) is 0.385. The van der Waals surface area contributed by atoms with Gasteiger partial charge in [-0.1, -0.05) is 30.3 Å². The minimum absolute atomic E-state index is 0.115. The maximum Gasteiger partial charge on any atom is 0.153 e. The molecule has 116 valence electrons. The molecule has 0 saturated carbocycles. The highest BCUT2D eigenvalue weighted by molar-refractivity contribution is 5.97. The number of benzene rings is 1. The topological polar surface area (TPSA) is 152 Å². The Morgan fingerprint density at radius 2 is 1.71 bits per heavy atom. The Bertz CT molecular complexity index is 480. The van der Waals surface area contributed by atoms with E-state index in [0.29, 0.717) is 5.56 Å². The van der Waals surface area contributed by atoms with Crippen molar-refractivity contribution in [1.29, 1.82) is 0 Å². The molecule has 0 bridgehead atoms. The Morgan fingerprint density at radius 3 is 2.29 bits per heavy atom. The summed E-state index contributed by atoms with van der Waals surface area (Å²) in [4.78, 5) is 0. The molecule has 1 aromatic carbocycles. The third-order valence-corrected chi connectivity index (χ3v) is 2.74. The first-order chi connectivity index (χ1) is 9.97. The normalized spacial score (nSPS) is 18.4. The number of aliphatic hydroxyl groups is 5. The van der Waals surface area contributed by atoms with Crippen LogP contribution in [0.25, 0.3) is 0 Å². The van der Waals surface area contributed by atoms with Gasteiger partial charge in [0.25, 0.3) is 0 Å². The summed E-state index contributed by atoms with van der Waals surface area (Å²) in [5.41, 5.74) is 6.30. The molecule has 0 heterocycles. The van der Waals surface area contributed by atoms with Crippen LogP contribution in [0.3, 0.4) is 0 Å². The van der Waals surface area contributed by atoms with Gasteiger partial charge in [-0.3, -0.25) is 0 Å². The van der Waals surface area contributed by atoms with Crippen molar-refractivity contribution in [2.24, 2.45) is 15.9 Å². The van der Waals surface area contributed by atoms with Gasteiger partial charge in [0.15, 0.2) is 5.84 Å². The average Bonchev–Trinajstić information content (AvgIpc) is 2.53. The lowest BCUT2D eigenvalue weighted by Gasteiger charge is -2.23. The van der Waals surface area contributed by atoms with Crippen molar-refractivity contribution in [3.8, 4) is 0 Å². The summed E-state index contributed by atoms with van der Waals surface area (Å²) in [6, 6.07) is 8.80. The first-order valence-corrected chi connectivity index (χ1v) is 6.22. The minimum Gasteiger partial charge on any atom is -0.394 e. The number of rotatable bonds is 7. The van der Waals surface area contributed by atoms with Crippen molar-refractivity contribution in [3.63, 3.8) is 0 Å². The molecule has 0 spiro atoms. The summed E-state index contributed by atoms with van der Waals surface area (Å²) >= 11 is 0. The van der Waals surface area contributed by atoms with Crippen LogP contribution in [-0.2, 0) is 0 Å². The van der Waals surface area contributed by atoms with E-state index in [1.165, 1.54) is 0 Å². The molecule has 0 fully saturated rings. The van der Waals surface area contributed by atoms with E-state index in [2.05, 4.69) is 10.2 Å². The molecule has 0 unspecified atom stereocenters. The molecule has 0 aliphatic carbocycles. The highest BCUT2D eigenvalue weighted by Crippen LogP contribution is 2.04. The molecule has 0 amide bonds. The van der Waals surface area contributed by atoms with Gasteiger partial charge in [-0.15, -0.1) is 5.10 Å². The van der Waals surface area contributed by atoms with Gasteiger partial charge < -0.3 is 31.3 Å². The Kier molecular flexibility index (Phi) is 6.92. The third-order valence-electron chi connectivity index (χ3n) is 2.74. The molecule has 0 saturated heterocycles. The second kappa shape index (κ2) is 8.45. The quantitative estimate of drug-likeness (QED) is 0.191. The van der Waals surface area contributed by atoms with Crippen LogP contribution >= 0.6 is 0 Å². The Labute approximate surface area is 121 Å². The number of aliphatic hydroxyl groups excluding tert-OH is 5. The van der Waals surface area contributed by atoms with E-state index in [4.69, 9.17) is 15.9 Å². The molecule has 7 N–H and O–H groups in total. The van der Waals surface area contributed by atoms with E-state index in [1.54, 1.807) is 24.3 Å². The molecule has 8 heteroatoms. The highest BCUT2D eigenvalue weighted by atomic mass is 16.4. The van der Waals surface area contributed by atoms with Crippen molar-refractivity contribution in [3.05, 3.63) is 35.9 Å². The number of hydrogen-bond acceptors (Lipinski definition) is 7. The van der Waals surface area contributed by atoms with Gasteiger partial charge in [0, 0.05) is 5.56 Å². The summed E-state index contributed by atoms with van der Waals surface area (Å²) in [7, 11) is 0. The molecule has 0 aliphatic heterocycles. The maximum absolute atomic E-state index is 9.55. The molecule has 1 rings (SSSR count). The van der Waals surface area contributed by atoms with Gasteiger partial charge in [-0.05, 0) is 0 Å². The van der Waals surface area contributed by atoms with Crippen LogP contribution in [0.4, 0.5) is 0 Å². The van der Waals surface area contributed by atoms with Crippen molar-refractivity contribution in [1.82, 2.24) is 0 Å². The molecule has 8 nitrogen and oxygen atoms in total. The van der Waals surface area contributed by atoms with Crippen LogP contribution in [-0.4, -0.2) is 68.6 Å². The average molecular weight is 297 g/mol. The van der Waals surface area contributed by atoms with E-state index in [1.807, 2.05) is 6.07 Å². The zero-order valence-electron chi connectivity index (χ0n) is 11.2. The number of nitrogens with zero attached hydrogens (tertiary/aromatic N) is 2. The second-order valence-electron chi connectivity index (χ2n) is 4.34. The van der Waals surface area contributed by atoms with Crippen LogP contribution in [0.2, 0.25) is 0 Å². The van der Waals surface area contributed by atoms with Crippen LogP contribution in [0.5, 0.6) is 0 Å². The van der Waals surface area contributed by atoms with Crippen LogP contribution in [0.1, 0.15) is 5.56 Å². The van der Waals surface area contributed by atoms with Gasteiger partial charge in [-0.25, -0.2) is 0 Å². The maximum atomic E-state index is 9.55. The SMILES string of the molecule is N/C(=N/N=C/[C@H](O)[C@@H](O)[C@H](O)[C@H](O)CO)c1ccccc1. The van der Waals surface area contributed by atoms with Crippen molar-refractivity contribution in [2.75, 3.05) is 6.61 Å². The molecule has 0 aliphatic rings. The zero-order valence-corrected chi connectivity index (χ0v) is 11.2. The smallest absolute Gasteiger partial charge is 0.153 e. The van der Waals surface area contributed by atoms with E-state index in [0.717, 1.165) is 6.21 Å².